The molecule has 0 unspecified atom stereocenters. The van der Waals surface area contributed by atoms with Crippen molar-refractivity contribution in [3.8, 4) is 0 Å². The number of nitrogens with zero attached hydrogens (tertiary/aromatic N) is 2. The Morgan fingerprint density at radius 1 is 1.38 bits per heavy atom. The van der Waals surface area contributed by atoms with Crippen LogP contribution >= 0.6 is 0 Å². The lowest BCUT2D eigenvalue weighted by Crippen LogP contribution is -2.41. The smallest absolute Gasteiger partial charge is 0.328 e. The summed E-state index contributed by atoms with van der Waals surface area (Å²) >= 11 is 0. The molecule has 88 valence electrons. The Bertz CT molecular complexity index is 442. The summed E-state index contributed by atoms with van der Waals surface area (Å²) < 4.78 is 0.890. The van der Waals surface area contributed by atoms with Crippen LogP contribution in [0.5, 0.6) is 0 Å². The van der Waals surface area contributed by atoms with Crippen molar-refractivity contribution in [1.82, 2.24) is 14.5 Å². The molecule has 1 aromatic rings. The molecule has 1 aromatic heterocycles. The lowest BCUT2D eigenvalue weighted by Gasteiger charge is -2.18. The zero-order valence-corrected chi connectivity index (χ0v) is 9.40. The summed E-state index contributed by atoms with van der Waals surface area (Å²) in [4.78, 5) is 38.3. The Kier molecular flexibility index (Phi) is 4.04. The molecule has 16 heavy (non-hydrogen) atoms. The van der Waals surface area contributed by atoms with Crippen molar-refractivity contribution in [3.63, 3.8) is 0 Å². The molecule has 0 aliphatic rings. The van der Waals surface area contributed by atoms with Crippen LogP contribution in [0.4, 0.5) is 0 Å². The number of aromatic amines is 1. The number of H-pyrrole nitrogens is 1. The van der Waals surface area contributed by atoms with E-state index in [9.17, 15) is 14.4 Å². The molecule has 0 spiro atoms. The normalized spacial score (nSPS) is 10.1. The van der Waals surface area contributed by atoms with Gasteiger partial charge in [-0.25, -0.2) is 4.79 Å². The maximum absolute atomic E-state index is 11.7. The SMILES string of the molecule is CCN(CC)C(=O)Cn1c(=O)cc[nH]c1=O. The minimum Gasteiger partial charge on any atom is -0.342 e. The quantitative estimate of drug-likeness (QED) is 0.743. The fraction of sp³-hybridized carbons (Fsp3) is 0.500. The average molecular weight is 225 g/mol. The lowest BCUT2D eigenvalue weighted by molar-refractivity contribution is -0.131. The number of aromatic nitrogens is 2. The highest BCUT2D eigenvalue weighted by Gasteiger charge is 2.12. The van der Waals surface area contributed by atoms with Crippen LogP contribution in [-0.2, 0) is 11.3 Å². The van der Waals surface area contributed by atoms with Gasteiger partial charge in [0.2, 0.25) is 5.91 Å². The molecular weight excluding hydrogens is 210 g/mol. The Morgan fingerprint density at radius 2 is 2.00 bits per heavy atom. The highest BCUT2D eigenvalue weighted by Crippen LogP contribution is 1.89. The first-order valence-corrected chi connectivity index (χ1v) is 5.16. The van der Waals surface area contributed by atoms with Crippen LogP contribution in [0.25, 0.3) is 0 Å². The molecule has 0 saturated heterocycles. The van der Waals surface area contributed by atoms with Gasteiger partial charge in [-0.1, -0.05) is 0 Å². The maximum atomic E-state index is 11.7. The standard InChI is InChI=1S/C10H15N3O3/c1-3-12(4-2)9(15)7-13-8(14)5-6-11-10(13)16/h5-6H,3-4,7H2,1-2H3,(H,11,16). The predicted molar refractivity (Wildman–Crippen MR) is 59.3 cm³/mol. The summed E-state index contributed by atoms with van der Waals surface area (Å²) in [7, 11) is 0. The van der Waals surface area contributed by atoms with Gasteiger partial charge in [0.05, 0.1) is 0 Å². The summed E-state index contributed by atoms with van der Waals surface area (Å²) in [5.41, 5.74) is -1.03. The monoisotopic (exact) mass is 225 g/mol. The van der Waals surface area contributed by atoms with Crippen LogP contribution in [0.2, 0.25) is 0 Å². The molecule has 0 saturated carbocycles. The van der Waals surface area contributed by atoms with E-state index < -0.39 is 11.2 Å². The summed E-state index contributed by atoms with van der Waals surface area (Å²) in [5.74, 6) is -0.233. The minimum absolute atomic E-state index is 0.212. The van der Waals surface area contributed by atoms with Crippen LogP contribution in [0.1, 0.15) is 13.8 Å². The van der Waals surface area contributed by atoms with Gasteiger partial charge in [0.15, 0.2) is 0 Å². The van der Waals surface area contributed by atoms with E-state index in [4.69, 9.17) is 0 Å². The topological polar surface area (TPSA) is 75.2 Å². The van der Waals surface area contributed by atoms with Gasteiger partial charge in [0.25, 0.3) is 5.56 Å². The molecule has 1 rings (SSSR count). The summed E-state index contributed by atoms with van der Waals surface area (Å²) in [6.45, 7) is 4.61. The molecule has 0 aromatic carbocycles. The Balaban J connectivity index is 2.93. The van der Waals surface area contributed by atoms with Crippen molar-refractivity contribution >= 4 is 5.91 Å². The van der Waals surface area contributed by atoms with Crippen molar-refractivity contribution < 1.29 is 4.79 Å². The molecule has 0 radical (unpaired) electrons. The first-order chi connectivity index (χ1) is 7.60. The van der Waals surface area contributed by atoms with Crippen molar-refractivity contribution in [2.75, 3.05) is 13.1 Å². The van der Waals surface area contributed by atoms with Gasteiger partial charge in [-0.3, -0.25) is 14.2 Å². The van der Waals surface area contributed by atoms with Gasteiger partial charge < -0.3 is 9.88 Å². The largest absolute Gasteiger partial charge is 0.342 e. The average Bonchev–Trinajstić information content (AvgIpc) is 2.25. The molecular formula is C10H15N3O3. The van der Waals surface area contributed by atoms with Crippen LogP contribution in [0.3, 0.4) is 0 Å². The van der Waals surface area contributed by atoms with E-state index in [-0.39, 0.29) is 12.5 Å². The maximum Gasteiger partial charge on any atom is 0.328 e. The van der Waals surface area contributed by atoms with E-state index in [1.54, 1.807) is 4.90 Å². The van der Waals surface area contributed by atoms with Crippen LogP contribution in [0, 0.1) is 0 Å². The second-order valence-electron chi connectivity index (χ2n) is 3.27. The number of hydrogen-bond acceptors (Lipinski definition) is 3. The summed E-state index contributed by atoms with van der Waals surface area (Å²) in [6, 6.07) is 1.22. The number of carbonyl (C=O) groups is 1. The van der Waals surface area contributed by atoms with Crippen molar-refractivity contribution in [2.24, 2.45) is 0 Å². The molecule has 1 N–H and O–H groups in total. The van der Waals surface area contributed by atoms with Gasteiger partial charge in [-0.15, -0.1) is 0 Å². The third kappa shape index (κ3) is 2.59. The number of amides is 1. The Hall–Kier alpha value is -1.85. The predicted octanol–water partition coefficient (Wildman–Crippen LogP) is -0.595. The zero-order valence-electron chi connectivity index (χ0n) is 9.40. The van der Waals surface area contributed by atoms with Gasteiger partial charge >= 0.3 is 5.69 Å². The van der Waals surface area contributed by atoms with E-state index in [0.29, 0.717) is 13.1 Å². The molecule has 0 aliphatic carbocycles. The van der Waals surface area contributed by atoms with Crippen molar-refractivity contribution in [1.29, 1.82) is 0 Å². The van der Waals surface area contributed by atoms with Crippen molar-refractivity contribution in [2.45, 2.75) is 20.4 Å². The fourth-order valence-electron chi connectivity index (χ4n) is 1.41. The Morgan fingerprint density at radius 3 is 2.50 bits per heavy atom. The van der Waals surface area contributed by atoms with E-state index in [1.807, 2.05) is 13.8 Å². The zero-order chi connectivity index (χ0) is 12.1. The van der Waals surface area contributed by atoms with E-state index in [0.717, 1.165) is 4.57 Å². The molecule has 0 bridgehead atoms. The second-order valence-corrected chi connectivity index (χ2v) is 3.27. The third-order valence-corrected chi connectivity index (χ3v) is 2.35. The van der Waals surface area contributed by atoms with Crippen LogP contribution in [-0.4, -0.2) is 33.4 Å². The Labute approximate surface area is 92.5 Å². The number of nitrogens with one attached hydrogen (secondary N) is 1. The minimum atomic E-state index is -0.562. The van der Waals surface area contributed by atoms with Crippen molar-refractivity contribution in [3.05, 3.63) is 33.1 Å². The number of rotatable bonds is 4. The molecule has 0 fully saturated rings. The van der Waals surface area contributed by atoms with Gasteiger partial charge in [-0.05, 0) is 13.8 Å². The molecule has 1 heterocycles. The molecule has 6 heteroatoms. The first-order valence-electron chi connectivity index (χ1n) is 5.16. The molecule has 0 aliphatic heterocycles. The van der Waals surface area contributed by atoms with E-state index >= 15 is 0 Å². The van der Waals surface area contributed by atoms with Crippen LogP contribution in [0.15, 0.2) is 21.9 Å². The molecule has 1 amide bonds. The number of likely N-dealkylation sites (N-methyl/N-ethyl adjacent to an activating group) is 1. The summed E-state index contributed by atoms with van der Waals surface area (Å²) in [5, 5.41) is 0. The van der Waals surface area contributed by atoms with E-state index in [2.05, 4.69) is 4.98 Å². The van der Waals surface area contributed by atoms with Crippen LogP contribution < -0.4 is 11.2 Å². The summed E-state index contributed by atoms with van der Waals surface area (Å²) in [6.07, 6.45) is 1.27. The molecule has 0 atom stereocenters. The fourth-order valence-corrected chi connectivity index (χ4v) is 1.41. The van der Waals surface area contributed by atoms with Gasteiger partial charge in [-0.2, -0.15) is 0 Å². The first kappa shape index (κ1) is 12.2. The third-order valence-electron chi connectivity index (χ3n) is 2.35. The number of hydrogen-bond donors (Lipinski definition) is 1. The van der Waals surface area contributed by atoms with E-state index in [1.165, 1.54) is 12.3 Å². The highest BCUT2D eigenvalue weighted by atomic mass is 16.2. The van der Waals surface area contributed by atoms with Gasteiger partial charge in [0.1, 0.15) is 6.54 Å². The highest BCUT2D eigenvalue weighted by molar-refractivity contribution is 5.75. The lowest BCUT2D eigenvalue weighted by atomic mass is 10.4. The molecule has 6 nitrogen and oxygen atoms in total. The number of carbonyl (C=O) groups excluding carboxylic acids is 1. The second kappa shape index (κ2) is 5.29. The van der Waals surface area contributed by atoms with Gasteiger partial charge in [0, 0.05) is 25.4 Å².